The monoisotopic (exact) mass is 152 g/mol. The normalized spacial score (nSPS) is 8.80. The molecule has 0 unspecified atom stereocenters. The van der Waals surface area contributed by atoms with Crippen LogP contribution in [0.2, 0.25) is 5.15 Å². The Kier molecular flexibility index (Phi) is 2.24. The van der Waals surface area contributed by atoms with Gasteiger partial charge in [-0.25, -0.2) is 11.6 Å². The lowest BCUT2D eigenvalue weighted by Crippen LogP contribution is -1.82. The van der Waals surface area contributed by atoms with Gasteiger partial charge in [-0.05, 0) is 12.1 Å². The van der Waals surface area contributed by atoms with E-state index in [2.05, 4.69) is 9.83 Å². The highest BCUT2D eigenvalue weighted by atomic mass is 35.5. The Labute approximate surface area is 64.3 Å². The minimum atomic E-state index is 0.312. The largest absolute Gasteiger partial charge is 0.312 e. The zero-order chi connectivity index (χ0) is 7.40. The number of hydrogen-bond acceptors (Lipinski definition) is 1. The number of pyridine rings is 1. The van der Waals surface area contributed by atoms with Gasteiger partial charge in [0.25, 0.3) is 0 Å². The van der Waals surface area contributed by atoms with Gasteiger partial charge in [0.1, 0.15) is 5.15 Å². The Hall–Kier alpha value is -1.07. The highest BCUT2D eigenvalue weighted by molar-refractivity contribution is 6.30. The molecule has 50 valence electrons. The first-order valence-corrected chi connectivity index (χ1v) is 3.15. The van der Waals surface area contributed by atoms with Gasteiger partial charge in [0, 0.05) is 6.20 Å². The highest BCUT2D eigenvalue weighted by Crippen LogP contribution is 2.11. The fourth-order valence-electron chi connectivity index (χ4n) is 0.622. The number of nitrogens with zero attached hydrogens (tertiary/aromatic N) is 2. The van der Waals surface area contributed by atoms with Crippen LogP contribution in [0.25, 0.3) is 4.85 Å². The molecule has 0 aliphatic carbocycles. The molecule has 0 aromatic carbocycles. The average Bonchev–Trinajstić information content (AvgIpc) is 1.94. The summed E-state index contributed by atoms with van der Waals surface area (Å²) >= 11 is 5.65. The summed E-state index contributed by atoms with van der Waals surface area (Å²) in [6.45, 7) is 6.89. The van der Waals surface area contributed by atoms with E-state index < -0.39 is 0 Å². The Morgan fingerprint density at radius 1 is 1.70 bits per heavy atom. The minimum absolute atomic E-state index is 0.312. The molecule has 0 radical (unpaired) electrons. The fraction of sp³-hybridized carbons (Fsp3) is 0.143. The third kappa shape index (κ3) is 1.46. The summed E-state index contributed by atoms with van der Waals surface area (Å²) in [6, 6.07) is 3.57. The maximum absolute atomic E-state index is 6.58. The van der Waals surface area contributed by atoms with Crippen molar-refractivity contribution in [3.63, 3.8) is 0 Å². The minimum Gasteiger partial charge on any atom is -0.312 e. The van der Waals surface area contributed by atoms with E-state index in [1.54, 1.807) is 18.3 Å². The average molecular weight is 153 g/mol. The van der Waals surface area contributed by atoms with Crippen LogP contribution >= 0.6 is 11.6 Å². The summed E-state index contributed by atoms with van der Waals surface area (Å²) in [5.74, 6) is 0. The van der Waals surface area contributed by atoms with Gasteiger partial charge in [0.15, 0.2) is 0 Å². The first-order chi connectivity index (χ1) is 4.84. The second-order valence-electron chi connectivity index (χ2n) is 1.77. The van der Waals surface area contributed by atoms with Crippen molar-refractivity contribution in [1.82, 2.24) is 4.98 Å². The van der Waals surface area contributed by atoms with Gasteiger partial charge in [-0.15, -0.1) is 0 Å². The third-order valence-electron chi connectivity index (χ3n) is 1.09. The second-order valence-corrected chi connectivity index (χ2v) is 2.13. The van der Waals surface area contributed by atoms with E-state index in [9.17, 15) is 0 Å². The lowest BCUT2D eigenvalue weighted by molar-refractivity contribution is 1.19. The van der Waals surface area contributed by atoms with Crippen LogP contribution in [0.3, 0.4) is 0 Å². The third-order valence-corrected chi connectivity index (χ3v) is 1.43. The zero-order valence-corrected chi connectivity index (χ0v) is 5.97. The Balaban J connectivity index is 2.94. The summed E-state index contributed by atoms with van der Waals surface area (Å²) in [4.78, 5) is 7.01. The van der Waals surface area contributed by atoms with Crippen molar-refractivity contribution in [1.29, 1.82) is 0 Å². The molecule has 10 heavy (non-hydrogen) atoms. The van der Waals surface area contributed by atoms with Crippen molar-refractivity contribution in [3.05, 3.63) is 40.5 Å². The van der Waals surface area contributed by atoms with E-state index in [4.69, 9.17) is 18.2 Å². The summed E-state index contributed by atoms with van der Waals surface area (Å²) < 4.78 is 0. The topological polar surface area (TPSA) is 17.2 Å². The predicted molar refractivity (Wildman–Crippen MR) is 39.6 cm³/mol. The number of halogens is 1. The molecule has 1 aromatic heterocycles. The molecule has 0 atom stereocenters. The lowest BCUT2D eigenvalue weighted by Gasteiger charge is -1.91. The van der Waals surface area contributed by atoms with Gasteiger partial charge in [-0.3, -0.25) is 0 Å². The van der Waals surface area contributed by atoms with Crippen LogP contribution in [0.15, 0.2) is 18.3 Å². The van der Waals surface area contributed by atoms with E-state index in [1.807, 2.05) is 0 Å². The van der Waals surface area contributed by atoms with Crippen LogP contribution in [0.5, 0.6) is 0 Å². The van der Waals surface area contributed by atoms with Gasteiger partial charge >= 0.3 is 0 Å². The summed E-state index contributed by atoms with van der Waals surface area (Å²) in [6.07, 6.45) is 1.61. The van der Waals surface area contributed by atoms with Gasteiger partial charge in [-0.1, -0.05) is 11.6 Å². The fourth-order valence-corrected chi connectivity index (χ4v) is 0.802. The Morgan fingerprint density at radius 2 is 2.50 bits per heavy atom. The molecule has 0 aliphatic rings. The molecule has 0 N–H and O–H groups in total. The van der Waals surface area contributed by atoms with Crippen LogP contribution in [0, 0.1) is 6.57 Å². The van der Waals surface area contributed by atoms with Crippen LogP contribution in [0.4, 0.5) is 0 Å². The van der Waals surface area contributed by atoms with E-state index in [0.717, 1.165) is 5.56 Å². The van der Waals surface area contributed by atoms with Crippen molar-refractivity contribution < 1.29 is 0 Å². The summed E-state index contributed by atoms with van der Waals surface area (Å²) in [7, 11) is 0. The van der Waals surface area contributed by atoms with Crippen molar-refractivity contribution in [2.75, 3.05) is 0 Å². The van der Waals surface area contributed by atoms with Gasteiger partial charge in [-0.2, -0.15) is 0 Å². The molecular formula is C7H5ClN2. The van der Waals surface area contributed by atoms with Gasteiger partial charge < -0.3 is 4.85 Å². The van der Waals surface area contributed by atoms with Crippen LogP contribution in [-0.4, -0.2) is 4.98 Å². The SMILES string of the molecule is [C-]#[N+]Cc1cccnc1Cl. The van der Waals surface area contributed by atoms with Crippen molar-refractivity contribution in [3.8, 4) is 0 Å². The maximum atomic E-state index is 6.58. The first-order valence-electron chi connectivity index (χ1n) is 2.77. The van der Waals surface area contributed by atoms with E-state index in [-0.39, 0.29) is 0 Å². The quantitative estimate of drug-likeness (QED) is 0.445. The molecule has 2 nitrogen and oxygen atoms in total. The van der Waals surface area contributed by atoms with Crippen LogP contribution in [0.1, 0.15) is 5.56 Å². The number of aromatic nitrogens is 1. The van der Waals surface area contributed by atoms with Crippen molar-refractivity contribution >= 4 is 11.6 Å². The van der Waals surface area contributed by atoms with Crippen LogP contribution in [-0.2, 0) is 6.54 Å². The Morgan fingerprint density at radius 3 is 3.10 bits per heavy atom. The summed E-state index contributed by atoms with van der Waals surface area (Å²) in [5.41, 5.74) is 0.791. The molecule has 0 fully saturated rings. The molecule has 0 bridgehead atoms. The number of rotatable bonds is 1. The van der Waals surface area contributed by atoms with E-state index in [0.29, 0.717) is 11.7 Å². The molecule has 1 rings (SSSR count). The van der Waals surface area contributed by atoms with Crippen LogP contribution < -0.4 is 0 Å². The smallest absolute Gasteiger partial charge is 0.242 e. The molecule has 0 saturated carbocycles. The van der Waals surface area contributed by atoms with Gasteiger partial charge in [0.2, 0.25) is 6.54 Å². The Bertz CT molecular complexity index is 265. The maximum Gasteiger partial charge on any atom is 0.242 e. The molecule has 0 saturated heterocycles. The second kappa shape index (κ2) is 3.19. The van der Waals surface area contributed by atoms with Crippen molar-refractivity contribution in [2.24, 2.45) is 0 Å². The molecule has 3 heteroatoms. The molecule has 0 spiro atoms. The molecule has 1 aromatic rings. The lowest BCUT2D eigenvalue weighted by atomic mass is 10.3. The molecule has 0 aliphatic heterocycles. The first kappa shape index (κ1) is 7.04. The number of hydrogen-bond donors (Lipinski definition) is 0. The molecule has 0 amide bonds. The van der Waals surface area contributed by atoms with Crippen molar-refractivity contribution in [2.45, 2.75) is 6.54 Å². The highest BCUT2D eigenvalue weighted by Gasteiger charge is 1.99. The molecule has 1 heterocycles. The standard InChI is InChI=1S/C7H5ClN2/c1-9-5-6-3-2-4-10-7(6)8/h2-4H,5H2. The zero-order valence-electron chi connectivity index (χ0n) is 5.21. The van der Waals surface area contributed by atoms with E-state index in [1.165, 1.54) is 0 Å². The van der Waals surface area contributed by atoms with Gasteiger partial charge in [0.05, 0.1) is 5.56 Å². The summed E-state index contributed by atoms with van der Waals surface area (Å²) in [5, 5.41) is 0.429. The van der Waals surface area contributed by atoms with E-state index >= 15 is 0 Å². The predicted octanol–water partition coefficient (Wildman–Crippen LogP) is 2.15. The molecular weight excluding hydrogens is 148 g/mol.